The lowest BCUT2D eigenvalue weighted by Crippen LogP contribution is -1.54. The van der Waals surface area contributed by atoms with Crippen LogP contribution in [0.4, 0.5) is 0 Å². The molecule has 0 nitrogen and oxygen atoms in total. The number of thiocarbonyl (C=S) groups is 1. The van der Waals surface area contributed by atoms with E-state index in [0.717, 1.165) is 5.75 Å². The molecule has 0 atom stereocenters. The number of hydrogen-bond donors (Lipinski definition) is 0. The van der Waals surface area contributed by atoms with E-state index in [1.54, 1.807) is 17.2 Å². The Bertz CT molecular complexity index is 61.9. The summed E-state index contributed by atoms with van der Waals surface area (Å²) in [6.07, 6.45) is 0. The Hall–Kier alpha value is 0.220. The first-order valence-corrected chi connectivity index (χ1v) is 3.18. The fraction of sp³-hybridized carbons (Fsp3) is 0.500. The molecule has 34 valence electrons. The van der Waals surface area contributed by atoms with Crippen LogP contribution in [-0.2, 0) is 0 Å². The largest absolute Gasteiger partial charge is 0.125 e. The van der Waals surface area contributed by atoms with E-state index in [1.165, 1.54) is 0 Å². The molecular formula is C4H6S2. The van der Waals surface area contributed by atoms with E-state index in [1.807, 2.05) is 0 Å². The first-order valence-electron chi connectivity index (χ1n) is 1.72. The molecule has 0 saturated carbocycles. The molecule has 0 radical (unpaired) electrons. The second kappa shape index (κ2) is 5.22. The van der Waals surface area contributed by atoms with Crippen molar-refractivity contribution < 1.29 is 0 Å². The van der Waals surface area contributed by atoms with Gasteiger partial charge in [0.05, 0.1) is 0 Å². The molecule has 0 bridgehead atoms. The fourth-order valence-electron chi connectivity index (χ4n) is 0.117. The molecule has 0 aromatic carbocycles. The molecule has 0 amide bonds. The molecule has 0 aromatic heterocycles. The van der Waals surface area contributed by atoms with E-state index in [4.69, 9.17) is 0 Å². The highest BCUT2D eigenvalue weighted by molar-refractivity contribution is 8.02. The summed E-state index contributed by atoms with van der Waals surface area (Å²) in [6, 6.07) is 0. The first kappa shape index (κ1) is 6.22. The highest BCUT2D eigenvalue weighted by atomic mass is 32.2. The smallest absolute Gasteiger partial charge is 0.0244 e. The van der Waals surface area contributed by atoms with E-state index < -0.39 is 0 Å². The lowest BCUT2D eigenvalue weighted by Gasteiger charge is -1.73. The zero-order chi connectivity index (χ0) is 4.83. The number of thioether (sulfide) groups is 1. The normalized spacial score (nSPS) is 6.83. The monoisotopic (exact) mass is 118 g/mol. The van der Waals surface area contributed by atoms with Crippen LogP contribution in [0.15, 0.2) is 5.41 Å². The van der Waals surface area contributed by atoms with Crippen LogP contribution >= 0.6 is 24.0 Å². The van der Waals surface area contributed by atoms with Crippen LogP contribution in [0.3, 0.4) is 0 Å². The summed E-state index contributed by atoms with van der Waals surface area (Å²) in [5.41, 5.74) is 0. The minimum atomic E-state index is 1.09. The summed E-state index contributed by atoms with van der Waals surface area (Å²) < 4.78 is 0. The van der Waals surface area contributed by atoms with Crippen molar-refractivity contribution >= 4 is 29.0 Å². The third kappa shape index (κ3) is 4.22. The van der Waals surface area contributed by atoms with Gasteiger partial charge in [0.25, 0.3) is 0 Å². The average molecular weight is 118 g/mol. The molecule has 0 aromatic rings. The third-order valence-electron chi connectivity index (χ3n) is 0.298. The molecule has 0 saturated heterocycles. The molecule has 0 aliphatic heterocycles. The van der Waals surface area contributed by atoms with Gasteiger partial charge in [-0.05, 0) is 23.0 Å². The van der Waals surface area contributed by atoms with Crippen molar-refractivity contribution in [3.05, 3.63) is 5.41 Å². The second-order valence-electron chi connectivity index (χ2n) is 0.691. The molecule has 0 N–H and O–H groups in total. The fourth-order valence-corrected chi connectivity index (χ4v) is 0.556. The van der Waals surface area contributed by atoms with Crippen molar-refractivity contribution in [2.75, 3.05) is 5.75 Å². The Morgan fingerprint density at radius 1 is 2.00 bits per heavy atom. The standard InChI is InChI=1S/C4H6S2/c1-2-6-4-3-5/h4H,2H2,1H3. The molecule has 0 fully saturated rings. The summed E-state index contributed by atoms with van der Waals surface area (Å²) in [4.78, 5) is 0. The highest BCUT2D eigenvalue weighted by Gasteiger charge is 1.64. The maximum atomic E-state index is 4.39. The summed E-state index contributed by atoms with van der Waals surface area (Å²) in [5, 5.41) is 4.28. The Morgan fingerprint density at radius 3 is 2.83 bits per heavy atom. The zero-order valence-electron chi connectivity index (χ0n) is 3.60. The summed E-state index contributed by atoms with van der Waals surface area (Å²) >= 11 is 6.06. The van der Waals surface area contributed by atoms with Gasteiger partial charge in [0.15, 0.2) is 0 Å². The molecule has 0 unspecified atom stereocenters. The summed E-state index contributed by atoms with van der Waals surface area (Å²) in [5.74, 6) is 1.09. The van der Waals surface area contributed by atoms with Gasteiger partial charge in [0.2, 0.25) is 0 Å². The van der Waals surface area contributed by atoms with Crippen LogP contribution in [0, 0.1) is 0 Å². The lowest BCUT2D eigenvalue weighted by molar-refractivity contribution is 1.54. The summed E-state index contributed by atoms with van der Waals surface area (Å²) in [6.45, 7) is 2.08. The van der Waals surface area contributed by atoms with Crippen LogP contribution in [0.25, 0.3) is 0 Å². The van der Waals surface area contributed by atoms with E-state index in [0.29, 0.717) is 0 Å². The Kier molecular flexibility index (Phi) is 5.41. The van der Waals surface area contributed by atoms with Gasteiger partial charge in [-0.2, -0.15) is 0 Å². The highest BCUT2D eigenvalue weighted by Crippen LogP contribution is 1.94. The van der Waals surface area contributed by atoms with Crippen LogP contribution in [-0.4, -0.2) is 10.8 Å². The van der Waals surface area contributed by atoms with Gasteiger partial charge in [-0.15, -0.1) is 11.8 Å². The van der Waals surface area contributed by atoms with Gasteiger partial charge in [0, 0.05) is 5.41 Å². The van der Waals surface area contributed by atoms with Gasteiger partial charge >= 0.3 is 0 Å². The number of hydrogen-bond acceptors (Lipinski definition) is 2. The van der Waals surface area contributed by atoms with Crippen molar-refractivity contribution in [1.29, 1.82) is 0 Å². The van der Waals surface area contributed by atoms with Crippen LogP contribution < -0.4 is 0 Å². The van der Waals surface area contributed by atoms with Crippen molar-refractivity contribution in [1.82, 2.24) is 0 Å². The summed E-state index contributed by atoms with van der Waals surface area (Å²) in [7, 11) is 0. The predicted octanol–water partition coefficient (Wildman–Crippen LogP) is 1.85. The van der Waals surface area contributed by atoms with Crippen LogP contribution in [0.5, 0.6) is 0 Å². The quantitative estimate of drug-likeness (QED) is 0.507. The van der Waals surface area contributed by atoms with E-state index >= 15 is 0 Å². The Morgan fingerprint density at radius 2 is 2.67 bits per heavy atom. The van der Waals surface area contributed by atoms with Crippen molar-refractivity contribution in [2.24, 2.45) is 0 Å². The third-order valence-corrected chi connectivity index (χ3v) is 1.18. The topological polar surface area (TPSA) is 0 Å². The Balaban J connectivity index is 2.86. The Labute approximate surface area is 47.6 Å². The van der Waals surface area contributed by atoms with Gasteiger partial charge in [-0.3, -0.25) is 0 Å². The predicted molar refractivity (Wildman–Crippen MR) is 35.3 cm³/mol. The maximum absolute atomic E-state index is 4.39. The minimum absolute atomic E-state index is 1.09. The molecule has 6 heavy (non-hydrogen) atoms. The average Bonchev–Trinajstić information content (AvgIpc) is 1.61. The lowest BCUT2D eigenvalue weighted by atomic mass is 11.0. The molecular weight excluding hydrogens is 112 g/mol. The van der Waals surface area contributed by atoms with Gasteiger partial charge < -0.3 is 0 Å². The number of rotatable bonds is 2. The zero-order valence-corrected chi connectivity index (χ0v) is 5.23. The molecule has 0 aliphatic carbocycles. The second-order valence-corrected chi connectivity index (χ2v) is 2.07. The van der Waals surface area contributed by atoms with Crippen LogP contribution in [0.2, 0.25) is 0 Å². The van der Waals surface area contributed by atoms with Crippen molar-refractivity contribution in [3.8, 4) is 0 Å². The van der Waals surface area contributed by atoms with Gasteiger partial charge in [0.1, 0.15) is 0 Å². The molecule has 0 spiro atoms. The van der Waals surface area contributed by atoms with E-state index in [9.17, 15) is 0 Å². The SMILES string of the molecule is CCSC=C=S. The van der Waals surface area contributed by atoms with Crippen molar-refractivity contribution in [3.63, 3.8) is 0 Å². The maximum Gasteiger partial charge on any atom is 0.0244 e. The minimum Gasteiger partial charge on any atom is -0.125 e. The first-order chi connectivity index (χ1) is 2.91. The van der Waals surface area contributed by atoms with Crippen LogP contribution in [0.1, 0.15) is 6.92 Å². The van der Waals surface area contributed by atoms with E-state index in [2.05, 4.69) is 24.2 Å². The van der Waals surface area contributed by atoms with E-state index in [-0.39, 0.29) is 0 Å². The van der Waals surface area contributed by atoms with Gasteiger partial charge in [-0.1, -0.05) is 6.92 Å². The van der Waals surface area contributed by atoms with Gasteiger partial charge in [-0.25, -0.2) is 0 Å². The molecule has 0 heterocycles. The molecule has 0 rings (SSSR count). The van der Waals surface area contributed by atoms with Crippen molar-refractivity contribution in [2.45, 2.75) is 6.92 Å². The molecule has 2 heteroatoms. The molecule has 0 aliphatic rings.